The summed E-state index contributed by atoms with van der Waals surface area (Å²) in [5.41, 5.74) is 0. The van der Waals surface area contributed by atoms with E-state index < -0.39 is 0 Å². The van der Waals surface area contributed by atoms with Gasteiger partial charge in [0.05, 0.1) is 53.3 Å². The molecule has 0 aromatic rings. The van der Waals surface area contributed by atoms with Crippen LogP contribution in [-0.2, 0) is 42.1 Å². The van der Waals surface area contributed by atoms with Crippen molar-refractivity contribution < 1.29 is 42.1 Å². The molecule has 0 fully saturated rings. The van der Waals surface area contributed by atoms with Gasteiger partial charge >= 0.3 is 0 Å². The van der Waals surface area contributed by atoms with Crippen LogP contribution in [-0.4, -0.2) is 63.1 Å². The molecule has 220 valence electrons. The Kier molecular flexibility index (Phi) is 51.1. The van der Waals surface area contributed by atoms with Gasteiger partial charge < -0.3 is 47.3 Å². The van der Waals surface area contributed by atoms with Crippen molar-refractivity contribution in [1.82, 2.24) is 0 Å². The van der Waals surface area contributed by atoms with Gasteiger partial charge in [-0.2, -0.15) is 0 Å². The number of nitrogens with zero attached hydrogens (tertiary/aromatic N) is 4. The largest absolute Gasteiger partial charge is 0.512 e. The maximum atomic E-state index is 6.25. The molecule has 0 aromatic heterocycles. The smallest absolute Gasteiger partial charge is 0.176 e. The zero-order valence-electron chi connectivity index (χ0n) is 25.7. The topological polar surface area (TPSA) is 95.2 Å². The van der Waals surface area contributed by atoms with E-state index in [0.29, 0.717) is 9.79 Å². The van der Waals surface area contributed by atoms with Crippen LogP contribution in [0.25, 0.3) is 0 Å². The second-order valence-corrected chi connectivity index (χ2v) is 22.7. The molecule has 0 aliphatic carbocycles. The summed E-state index contributed by atoms with van der Waals surface area (Å²) in [4.78, 5) is 1.41. The Morgan fingerprint density at radius 1 is 0.361 bits per heavy atom. The second kappa shape index (κ2) is 32.3. The van der Waals surface area contributed by atoms with E-state index in [9.17, 15) is 0 Å². The van der Waals surface area contributed by atoms with Gasteiger partial charge in [-0.25, -0.2) is 0 Å². The zero-order valence-corrected chi connectivity index (χ0v) is 34.3. The standard InChI is InChI=1S/2C11H26P2.4CN.2Pt/c2*1-9(2)11(10(3)4,12(5)6)13(7)8;4*1-2;;/h2*9-10H,1-8H3;;;;;;/q;;4*-1;;/p+4. The van der Waals surface area contributed by atoms with Gasteiger partial charge in [0.25, 0.3) is 0 Å². The number of hydrogen-bond donors (Lipinski definition) is 0. The SMILES string of the molecule is CC(C)C(C(C)C)([PH+](C)C)[PH+](C)C.CC(C)C(C(C)C)([PH+](C)C)[PH+](C)C.[C-]#N.[C-]#N.[C-]#N.[C-]#N.[Pt].[Pt]. The molecule has 0 saturated carbocycles. The molecule has 0 aromatic carbocycles. The molecule has 0 aliphatic rings. The fraction of sp³-hybridized carbons (Fsp3) is 0.846. The van der Waals surface area contributed by atoms with E-state index >= 15 is 0 Å². The van der Waals surface area contributed by atoms with Crippen LogP contribution in [0.2, 0.25) is 0 Å². The zero-order chi connectivity index (χ0) is 29.6. The summed E-state index contributed by atoms with van der Waals surface area (Å²) in [5.74, 6) is 3.45. The summed E-state index contributed by atoms with van der Waals surface area (Å²) < 4.78 is 0. The molecule has 0 N–H and O–H groups in total. The molecule has 0 heterocycles. The van der Waals surface area contributed by atoms with Gasteiger partial charge in [-0.15, -0.1) is 0 Å². The molecular weight excluding hydrogens is 882 g/mol. The van der Waals surface area contributed by atoms with Gasteiger partial charge in [0.1, 0.15) is 0 Å². The fourth-order valence-electron chi connectivity index (χ4n) is 6.95. The van der Waals surface area contributed by atoms with Crippen molar-refractivity contribution in [3.8, 4) is 0 Å². The first-order valence-corrected chi connectivity index (χ1v) is 21.7. The fourth-order valence-corrected chi connectivity index (χ4v) is 24.2. The van der Waals surface area contributed by atoms with Crippen molar-refractivity contribution in [1.29, 1.82) is 21.0 Å². The summed E-state index contributed by atoms with van der Waals surface area (Å²) in [7, 11) is -0.742. The van der Waals surface area contributed by atoms with Gasteiger partial charge in [0.2, 0.25) is 0 Å². The molecule has 0 aliphatic heterocycles. The average Bonchev–Trinajstić information content (AvgIpc) is 2.73. The number of hydrogen-bond acceptors (Lipinski definition) is 4. The molecule has 0 bridgehead atoms. The van der Waals surface area contributed by atoms with Crippen molar-refractivity contribution in [3.05, 3.63) is 26.3 Å². The maximum absolute atomic E-state index is 6.25. The molecule has 4 nitrogen and oxygen atoms in total. The molecule has 0 unspecified atom stereocenters. The van der Waals surface area contributed by atoms with Crippen molar-refractivity contribution in [2.75, 3.05) is 53.3 Å². The Morgan fingerprint density at radius 2 is 0.444 bits per heavy atom. The van der Waals surface area contributed by atoms with Gasteiger partial charge in [-0.3, -0.25) is 0 Å². The molecule has 0 radical (unpaired) electrons. The average molecular weight is 939 g/mol. The minimum atomic E-state index is -0.185. The maximum Gasteiger partial charge on any atom is 0.176 e. The third-order valence-corrected chi connectivity index (χ3v) is 24.2. The summed E-state index contributed by atoms with van der Waals surface area (Å²) >= 11 is 0. The van der Waals surface area contributed by atoms with Gasteiger partial charge in [0, 0.05) is 97.5 Å². The first-order chi connectivity index (χ1) is 15.5. The van der Waals surface area contributed by atoms with Gasteiger partial charge in [-0.1, -0.05) is 55.4 Å². The van der Waals surface area contributed by atoms with Crippen molar-refractivity contribution in [2.24, 2.45) is 23.7 Å². The van der Waals surface area contributed by atoms with E-state index in [1.165, 1.54) is 0 Å². The molecule has 10 heteroatoms. The van der Waals surface area contributed by atoms with Crippen molar-refractivity contribution in [2.45, 2.75) is 65.2 Å². The summed E-state index contributed by atoms with van der Waals surface area (Å²) in [6, 6.07) is 0. The van der Waals surface area contributed by atoms with E-state index in [-0.39, 0.29) is 73.8 Å². The molecular formula is C26H56N4P4Pt2. The third-order valence-electron chi connectivity index (χ3n) is 6.95. The molecule has 36 heavy (non-hydrogen) atoms. The molecule has 0 rings (SSSR count). The van der Waals surface area contributed by atoms with Gasteiger partial charge in [-0.05, 0) is 0 Å². The summed E-state index contributed by atoms with van der Waals surface area (Å²) in [6.07, 6.45) is 0. The Morgan fingerprint density at radius 3 is 0.444 bits per heavy atom. The van der Waals surface area contributed by atoms with Crippen molar-refractivity contribution >= 4 is 31.7 Å². The van der Waals surface area contributed by atoms with E-state index in [1.54, 1.807) is 0 Å². The van der Waals surface area contributed by atoms with Crippen LogP contribution in [0.3, 0.4) is 0 Å². The molecule has 0 atom stereocenters. The molecule has 0 saturated heterocycles. The minimum absolute atomic E-state index is 0. The van der Waals surface area contributed by atoms with Crippen LogP contribution in [0.5, 0.6) is 0 Å². The monoisotopic (exact) mass is 938 g/mol. The van der Waals surface area contributed by atoms with Gasteiger partial charge in [0.15, 0.2) is 9.79 Å². The summed E-state index contributed by atoms with van der Waals surface area (Å²) in [5, 5.41) is 25.0. The van der Waals surface area contributed by atoms with Crippen LogP contribution in [0.1, 0.15) is 55.4 Å². The molecule has 0 spiro atoms. The minimum Gasteiger partial charge on any atom is -0.512 e. The third kappa shape index (κ3) is 16.9. The quantitative estimate of drug-likeness (QED) is 0.181. The van der Waals surface area contributed by atoms with E-state index in [2.05, 4.69) is 109 Å². The first-order valence-electron chi connectivity index (χ1n) is 11.7. The Labute approximate surface area is 261 Å². The van der Waals surface area contributed by atoms with Crippen LogP contribution in [0, 0.1) is 71.0 Å². The second-order valence-electron chi connectivity index (χ2n) is 10.4. The predicted molar refractivity (Wildman–Crippen MR) is 165 cm³/mol. The molecule has 0 amide bonds. The Balaban J connectivity index is -0.0000000542. The van der Waals surface area contributed by atoms with E-state index in [1.807, 2.05) is 0 Å². The van der Waals surface area contributed by atoms with Crippen LogP contribution in [0.4, 0.5) is 0 Å². The van der Waals surface area contributed by atoms with Crippen LogP contribution in [0.15, 0.2) is 0 Å². The Bertz CT molecular complexity index is 408. The van der Waals surface area contributed by atoms with Crippen LogP contribution < -0.4 is 0 Å². The normalized spacial score (nSPS) is 10.2. The predicted octanol–water partition coefficient (Wildman–Crippen LogP) is 8.27. The number of rotatable bonds is 8. The first kappa shape index (κ1) is 57.1. The van der Waals surface area contributed by atoms with Crippen LogP contribution >= 0.6 is 31.7 Å². The van der Waals surface area contributed by atoms with E-state index in [0.717, 1.165) is 23.7 Å². The van der Waals surface area contributed by atoms with Crippen molar-refractivity contribution in [3.63, 3.8) is 0 Å². The summed E-state index contributed by atoms with van der Waals surface area (Å²) in [6.45, 7) is 58.4. The van der Waals surface area contributed by atoms with E-state index in [4.69, 9.17) is 47.3 Å². The Hall–Kier alpha value is 1.06.